The second-order valence-corrected chi connectivity index (χ2v) is 7.92. The maximum absolute atomic E-state index is 14.6. The SMILES string of the molecule is CCn1ncnc1COc1nc2c(-c3c(F)cccc3F)nnc(C)n2c1C1CCCC1. The highest BCUT2D eigenvalue weighted by molar-refractivity contribution is 5.75. The van der Waals surface area contributed by atoms with Gasteiger partial charge in [-0.15, -0.1) is 10.2 Å². The predicted molar refractivity (Wildman–Crippen MR) is 112 cm³/mol. The number of aryl methyl sites for hydroxylation is 2. The van der Waals surface area contributed by atoms with Crippen molar-refractivity contribution in [1.82, 2.24) is 34.3 Å². The van der Waals surface area contributed by atoms with Crippen LogP contribution in [0.15, 0.2) is 24.5 Å². The molecule has 0 aliphatic heterocycles. The molecule has 1 aromatic carbocycles. The molecule has 8 nitrogen and oxygen atoms in total. The molecule has 4 aromatic rings. The third-order valence-corrected chi connectivity index (χ3v) is 5.98. The summed E-state index contributed by atoms with van der Waals surface area (Å²) in [6.07, 6.45) is 5.67. The normalized spacial score (nSPS) is 14.5. The number of aromatic nitrogens is 7. The van der Waals surface area contributed by atoms with Crippen molar-refractivity contribution < 1.29 is 13.5 Å². The van der Waals surface area contributed by atoms with Gasteiger partial charge in [-0.1, -0.05) is 18.9 Å². The van der Waals surface area contributed by atoms with Gasteiger partial charge in [0.2, 0.25) is 5.88 Å². The summed E-state index contributed by atoms with van der Waals surface area (Å²) in [5.41, 5.74) is 1.00. The van der Waals surface area contributed by atoms with Gasteiger partial charge in [-0.05, 0) is 38.8 Å². The first-order valence-electron chi connectivity index (χ1n) is 10.8. The molecule has 0 bridgehead atoms. The number of halogens is 2. The van der Waals surface area contributed by atoms with E-state index in [0.717, 1.165) is 31.4 Å². The standard InChI is InChI=1S/C22H23F2N7O/c1-3-30-17(25-12-26-30)11-32-22-20(14-7-4-5-8-14)31-13(2)28-29-19(21(31)27-22)18-15(23)9-6-10-16(18)24/h6,9-10,12,14H,3-5,7-8,11H2,1-2H3. The molecule has 5 rings (SSSR count). The highest BCUT2D eigenvalue weighted by Crippen LogP contribution is 2.41. The minimum atomic E-state index is -0.714. The van der Waals surface area contributed by atoms with Crippen LogP contribution < -0.4 is 4.74 Å². The zero-order chi connectivity index (χ0) is 22.2. The van der Waals surface area contributed by atoms with Gasteiger partial charge in [0.1, 0.15) is 36.1 Å². The van der Waals surface area contributed by atoms with Gasteiger partial charge in [0, 0.05) is 12.5 Å². The van der Waals surface area contributed by atoms with Crippen LogP contribution in [0.4, 0.5) is 8.78 Å². The first-order chi connectivity index (χ1) is 15.6. The molecule has 1 saturated carbocycles. The van der Waals surface area contributed by atoms with Crippen molar-refractivity contribution in [3.63, 3.8) is 0 Å². The van der Waals surface area contributed by atoms with E-state index in [2.05, 4.69) is 25.3 Å². The molecule has 0 radical (unpaired) electrons. The van der Waals surface area contributed by atoms with Crippen molar-refractivity contribution in [3.8, 4) is 17.1 Å². The maximum atomic E-state index is 14.6. The molecule has 0 atom stereocenters. The Balaban J connectivity index is 1.67. The van der Waals surface area contributed by atoms with Crippen molar-refractivity contribution in [3.05, 3.63) is 53.5 Å². The van der Waals surface area contributed by atoms with Crippen LogP contribution in [-0.2, 0) is 13.2 Å². The topological polar surface area (TPSA) is 83.0 Å². The smallest absolute Gasteiger partial charge is 0.236 e. The Morgan fingerprint density at radius 1 is 1.12 bits per heavy atom. The fourth-order valence-corrected chi connectivity index (χ4v) is 4.46. The number of nitrogens with zero attached hydrogens (tertiary/aromatic N) is 7. The summed E-state index contributed by atoms with van der Waals surface area (Å²) >= 11 is 0. The van der Waals surface area contributed by atoms with Gasteiger partial charge < -0.3 is 4.74 Å². The summed E-state index contributed by atoms with van der Waals surface area (Å²) in [7, 11) is 0. The zero-order valence-electron chi connectivity index (χ0n) is 17.9. The second-order valence-electron chi connectivity index (χ2n) is 7.92. The van der Waals surface area contributed by atoms with Crippen LogP contribution in [0.5, 0.6) is 5.88 Å². The number of hydrogen-bond donors (Lipinski definition) is 0. The van der Waals surface area contributed by atoms with Gasteiger partial charge in [0.05, 0.1) is 11.3 Å². The van der Waals surface area contributed by atoms with Crippen LogP contribution in [0.2, 0.25) is 0 Å². The maximum Gasteiger partial charge on any atom is 0.236 e. The fraction of sp³-hybridized carbons (Fsp3) is 0.409. The van der Waals surface area contributed by atoms with Crippen molar-refractivity contribution in [1.29, 1.82) is 0 Å². The molecule has 32 heavy (non-hydrogen) atoms. The molecule has 1 aliphatic carbocycles. The average molecular weight is 439 g/mol. The van der Waals surface area contributed by atoms with Crippen molar-refractivity contribution in [2.45, 2.75) is 58.6 Å². The van der Waals surface area contributed by atoms with Gasteiger partial charge >= 0.3 is 0 Å². The van der Waals surface area contributed by atoms with Crippen molar-refractivity contribution in [2.75, 3.05) is 0 Å². The van der Waals surface area contributed by atoms with Gasteiger partial charge in [-0.2, -0.15) is 10.1 Å². The minimum absolute atomic E-state index is 0.0528. The van der Waals surface area contributed by atoms with E-state index in [9.17, 15) is 8.78 Å². The van der Waals surface area contributed by atoms with Crippen LogP contribution in [0.1, 0.15) is 55.9 Å². The van der Waals surface area contributed by atoms with E-state index in [-0.39, 0.29) is 23.8 Å². The van der Waals surface area contributed by atoms with E-state index in [1.165, 1.54) is 24.5 Å². The predicted octanol–water partition coefficient (Wildman–Crippen LogP) is 4.23. The van der Waals surface area contributed by atoms with E-state index in [1.807, 2.05) is 11.3 Å². The average Bonchev–Trinajstić information content (AvgIpc) is 3.52. The molecule has 3 aromatic heterocycles. The van der Waals surface area contributed by atoms with Crippen LogP contribution in [-0.4, -0.2) is 34.3 Å². The van der Waals surface area contributed by atoms with Crippen LogP contribution in [0.25, 0.3) is 16.9 Å². The number of imidazole rings is 1. The lowest BCUT2D eigenvalue weighted by molar-refractivity contribution is 0.272. The highest BCUT2D eigenvalue weighted by Gasteiger charge is 2.30. The summed E-state index contributed by atoms with van der Waals surface area (Å²) < 4.78 is 38.9. The first-order valence-corrected chi connectivity index (χ1v) is 10.8. The van der Waals surface area contributed by atoms with Crippen molar-refractivity contribution >= 4 is 5.65 Å². The van der Waals surface area contributed by atoms with Gasteiger partial charge in [0.15, 0.2) is 11.5 Å². The molecule has 3 heterocycles. The Bertz CT molecular complexity index is 1260. The van der Waals surface area contributed by atoms with E-state index in [0.29, 0.717) is 29.7 Å². The molecule has 1 aliphatic rings. The Kier molecular flexibility index (Phi) is 5.28. The zero-order valence-corrected chi connectivity index (χ0v) is 17.9. The third-order valence-electron chi connectivity index (χ3n) is 5.98. The summed E-state index contributed by atoms with van der Waals surface area (Å²) in [5, 5.41) is 12.5. The first kappa shape index (κ1) is 20.5. The summed E-state index contributed by atoms with van der Waals surface area (Å²) in [6.45, 7) is 4.63. The fourth-order valence-electron chi connectivity index (χ4n) is 4.46. The Morgan fingerprint density at radius 3 is 2.59 bits per heavy atom. The molecular formula is C22H23F2N7O. The van der Waals surface area contributed by atoms with Crippen LogP contribution in [0.3, 0.4) is 0 Å². The van der Waals surface area contributed by atoms with E-state index < -0.39 is 11.6 Å². The van der Waals surface area contributed by atoms with E-state index in [1.54, 1.807) is 11.6 Å². The van der Waals surface area contributed by atoms with Gasteiger partial charge in [-0.3, -0.25) is 4.40 Å². The Hall–Kier alpha value is -3.43. The number of hydrogen-bond acceptors (Lipinski definition) is 6. The lowest BCUT2D eigenvalue weighted by Crippen LogP contribution is -2.10. The number of rotatable bonds is 6. The number of fused-ring (bicyclic) bond motifs is 1. The third kappa shape index (κ3) is 3.39. The molecule has 1 fully saturated rings. The molecule has 0 unspecified atom stereocenters. The van der Waals surface area contributed by atoms with E-state index in [4.69, 9.17) is 4.74 Å². The highest BCUT2D eigenvalue weighted by atomic mass is 19.1. The second kappa shape index (κ2) is 8.25. The van der Waals surface area contributed by atoms with Gasteiger partial charge in [-0.25, -0.2) is 18.4 Å². The molecule has 166 valence electrons. The molecular weight excluding hydrogens is 416 g/mol. The molecule has 0 amide bonds. The van der Waals surface area contributed by atoms with Crippen molar-refractivity contribution in [2.24, 2.45) is 0 Å². The van der Waals surface area contributed by atoms with Crippen LogP contribution >= 0.6 is 0 Å². The molecule has 10 heteroatoms. The number of benzene rings is 1. The monoisotopic (exact) mass is 439 g/mol. The Morgan fingerprint density at radius 2 is 1.88 bits per heavy atom. The molecule has 0 saturated heterocycles. The van der Waals surface area contributed by atoms with Gasteiger partial charge in [0.25, 0.3) is 0 Å². The molecule has 0 spiro atoms. The largest absolute Gasteiger partial charge is 0.468 e. The van der Waals surface area contributed by atoms with E-state index >= 15 is 0 Å². The Labute approximate surface area is 183 Å². The summed E-state index contributed by atoms with van der Waals surface area (Å²) in [5.74, 6) is 0.462. The lowest BCUT2D eigenvalue weighted by Gasteiger charge is -2.14. The quantitative estimate of drug-likeness (QED) is 0.447. The van der Waals surface area contributed by atoms with Crippen LogP contribution in [0, 0.1) is 18.6 Å². The lowest BCUT2D eigenvalue weighted by atomic mass is 10.0. The minimum Gasteiger partial charge on any atom is -0.468 e. The number of ether oxygens (including phenoxy) is 1. The summed E-state index contributed by atoms with van der Waals surface area (Å²) in [6, 6.07) is 3.72. The molecule has 0 N–H and O–H groups in total. The summed E-state index contributed by atoms with van der Waals surface area (Å²) in [4.78, 5) is 8.94.